The van der Waals surface area contributed by atoms with Crippen LogP contribution in [0.15, 0.2) is 72.8 Å². The molecule has 4 rings (SSSR count). The first kappa shape index (κ1) is 16.7. The van der Waals surface area contributed by atoms with Gasteiger partial charge in [-0.3, -0.25) is 0 Å². The average molecular weight is 407 g/mol. The number of benzene rings is 3. The van der Waals surface area contributed by atoms with Crippen LogP contribution in [0.1, 0.15) is 10.4 Å². The molecule has 1 atom stereocenters. The molecule has 5 heteroatoms. The third-order valence-electron chi connectivity index (χ3n) is 4.34. The first-order valence-electron chi connectivity index (χ1n) is 8.24. The molecule has 0 bridgehead atoms. The van der Waals surface area contributed by atoms with E-state index in [-0.39, 0.29) is 5.91 Å². The van der Waals surface area contributed by atoms with Gasteiger partial charge in [0.05, 0.1) is 0 Å². The van der Waals surface area contributed by atoms with E-state index in [9.17, 15) is 4.79 Å². The summed E-state index contributed by atoms with van der Waals surface area (Å²) in [6, 6.07) is 23.8. The van der Waals surface area contributed by atoms with Gasteiger partial charge in [-0.25, -0.2) is 0 Å². The Bertz CT molecular complexity index is 936. The summed E-state index contributed by atoms with van der Waals surface area (Å²) in [6.45, 7) is 0. The van der Waals surface area contributed by atoms with E-state index in [0.29, 0.717) is 11.5 Å². The molecule has 1 unspecified atom stereocenters. The SMILES string of the molecule is COc1cc(OC)cc(N2C(=O)c3ccccc3[As]2c2ccccc2)c1. The topological polar surface area (TPSA) is 38.8 Å². The Morgan fingerprint density at radius 3 is 2.08 bits per heavy atom. The third kappa shape index (κ3) is 2.77. The summed E-state index contributed by atoms with van der Waals surface area (Å²) in [6.07, 6.45) is 0. The van der Waals surface area contributed by atoms with Crippen molar-refractivity contribution in [2.75, 3.05) is 18.0 Å². The van der Waals surface area contributed by atoms with E-state index in [1.807, 2.05) is 58.4 Å². The van der Waals surface area contributed by atoms with Crippen LogP contribution in [0.3, 0.4) is 0 Å². The van der Waals surface area contributed by atoms with Crippen molar-refractivity contribution in [3.8, 4) is 11.5 Å². The molecule has 3 aromatic rings. The quantitative estimate of drug-likeness (QED) is 0.624. The van der Waals surface area contributed by atoms with Gasteiger partial charge < -0.3 is 0 Å². The minimum atomic E-state index is -2.01. The van der Waals surface area contributed by atoms with E-state index in [1.54, 1.807) is 14.2 Å². The van der Waals surface area contributed by atoms with Gasteiger partial charge >= 0.3 is 157 Å². The Labute approximate surface area is 157 Å². The summed E-state index contributed by atoms with van der Waals surface area (Å²) in [4.78, 5) is 13.3. The molecular formula is C21H18AsNO3. The molecule has 0 saturated heterocycles. The van der Waals surface area contributed by atoms with E-state index in [2.05, 4.69) is 18.2 Å². The molecule has 0 fully saturated rings. The number of ether oxygens (including phenoxy) is 2. The number of hydrogen-bond donors (Lipinski definition) is 0. The van der Waals surface area contributed by atoms with Crippen LogP contribution in [0.5, 0.6) is 11.5 Å². The van der Waals surface area contributed by atoms with Gasteiger partial charge in [-0.05, 0) is 0 Å². The molecule has 26 heavy (non-hydrogen) atoms. The summed E-state index contributed by atoms with van der Waals surface area (Å²) >= 11 is -2.01. The van der Waals surface area contributed by atoms with Crippen molar-refractivity contribution >= 4 is 35.2 Å². The van der Waals surface area contributed by atoms with Crippen LogP contribution in [0, 0.1) is 0 Å². The summed E-state index contributed by atoms with van der Waals surface area (Å²) in [5, 5.41) is 0. The second-order valence-corrected chi connectivity index (χ2v) is 10.1. The number of amides is 1. The molecular weight excluding hydrogens is 389 g/mol. The standard InChI is InChI=1S/C21H18AsNO3/c1-25-17-12-16(13-18(14-17)26-2)23-21(24)19-10-6-7-11-20(19)22(23)15-8-4-3-5-9-15/h3-14H,1-2H3. The van der Waals surface area contributed by atoms with E-state index < -0.39 is 14.9 Å². The van der Waals surface area contributed by atoms with Gasteiger partial charge in [0.2, 0.25) is 0 Å². The number of nitrogens with zero attached hydrogens (tertiary/aromatic N) is 1. The van der Waals surface area contributed by atoms with Gasteiger partial charge in [0.1, 0.15) is 0 Å². The number of anilines is 1. The fourth-order valence-corrected chi connectivity index (χ4v) is 8.24. The van der Waals surface area contributed by atoms with Crippen LogP contribution >= 0.6 is 0 Å². The maximum atomic E-state index is 13.3. The second kappa shape index (κ2) is 6.89. The molecule has 0 N–H and O–H groups in total. The normalized spacial score (nSPS) is 15.7. The Kier molecular flexibility index (Phi) is 4.44. The molecule has 0 aliphatic carbocycles. The number of carbonyl (C=O) groups excluding carboxylic acids is 1. The van der Waals surface area contributed by atoms with Crippen molar-refractivity contribution in [2.45, 2.75) is 0 Å². The Morgan fingerprint density at radius 1 is 0.808 bits per heavy atom. The van der Waals surface area contributed by atoms with Crippen molar-refractivity contribution in [1.29, 1.82) is 0 Å². The molecule has 1 amide bonds. The molecule has 4 nitrogen and oxygen atoms in total. The third-order valence-corrected chi connectivity index (χ3v) is 9.47. The summed E-state index contributed by atoms with van der Waals surface area (Å²) in [7, 11) is 3.23. The zero-order valence-corrected chi connectivity index (χ0v) is 16.4. The first-order chi connectivity index (χ1) is 12.7. The van der Waals surface area contributed by atoms with Gasteiger partial charge in [-0.15, -0.1) is 0 Å². The first-order valence-corrected chi connectivity index (χ1v) is 11.0. The van der Waals surface area contributed by atoms with Gasteiger partial charge in [-0.1, -0.05) is 0 Å². The molecule has 0 aromatic heterocycles. The number of methoxy groups -OCH3 is 2. The van der Waals surface area contributed by atoms with Crippen molar-refractivity contribution in [3.63, 3.8) is 0 Å². The number of carbonyl (C=O) groups is 1. The van der Waals surface area contributed by atoms with Crippen molar-refractivity contribution in [3.05, 3.63) is 78.4 Å². The fourth-order valence-electron chi connectivity index (χ4n) is 3.12. The van der Waals surface area contributed by atoms with Crippen LogP contribution in [0.4, 0.5) is 5.69 Å². The van der Waals surface area contributed by atoms with E-state index in [1.165, 1.54) is 4.35 Å². The predicted molar refractivity (Wildman–Crippen MR) is 104 cm³/mol. The van der Waals surface area contributed by atoms with Crippen LogP contribution in [-0.4, -0.2) is 35.0 Å². The van der Waals surface area contributed by atoms with Gasteiger partial charge in [0.15, 0.2) is 0 Å². The zero-order valence-electron chi connectivity index (χ0n) is 14.5. The van der Waals surface area contributed by atoms with E-state index in [0.717, 1.165) is 15.6 Å². The number of fused-ring (bicyclic) bond motifs is 1. The molecule has 0 spiro atoms. The molecule has 1 aliphatic rings. The van der Waals surface area contributed by atoms with Crippen molar-refractivity contribution < 1.29 is 14.3 Å². The van der Waals surface area contributed by atoms with Crippen LogP contribution in [0.2, 0.25) is 0 Å². The van der Waals surface area contributed by atoms with Crippen LogP contribution in [-0.2, 0) is 0 Å². The second-order valence-electron chi connectivity index (χ2n) is 5.85. The summed E-state index contributed by atoms with van der Waals surface area (Å²) in [5.41, 5.74) is 1.60. The summed E-state index contributed by atoms with van der Waals surface area (Å²) < 4.78 is 15.1. The molecule has 0 radical (unpaired) electrons. The predicted octanol–water partition coefficient (Wildman–Crippen LogP) is 2.47. The van der Waals surface area contributed by atoms with Crippen LogP contribution in [0.25, 0.3) is 0 Å². The summed E-state index contributed by atoms with van der Waals surface area (Å²) in [5.74, 6) is 1.38. The number of rotatable bonds is 4. The average Bonchev–Trinajstić information content (AvgIpc) is 3.01. The van der Waals surface area contributed by atoms with Crippen molar-refractivity contribution in [1.82, 2.24) is 0 Å². The fraction of sp³-hybridized carbons (Fsp3) is 0.0952. The van der Waals surface area contributed by atoms with E-state index in [4.69, 9.17) is 9.47 Å². The van der Waals surface area contributed by atoms with Crippen LogP contribution < -0.4 is 22.0 Å². The Balaban J connectivity index is 1.91. The Hall–Kier alpha value is -2.71. The van der Waals surface area contributed by atoms with Gasteiger partial charge in [-0.2, -0.15) is 0 Å². The van der Waals surface area contributed by atoms with Gasteiger partial charge in [0, 0.05) is 0 Å². The molecule has 1 aliphatic heterocycles. The molecule has 3 aromatic carbocycles. The van der Waals surface area contributed by atoms with Crippen molar-refractivity contribution in [2.24, 2.45) is 0 Å². The molecule has 1 heterocycles. The Morgan fingerprint density at radius 2 is 1.42 bits per heavy atom. The van der Waals surface area contributed by atoms with Gasteiger partial charge in [0.25, 0.3) is 0 Å². The molecule has 130 valence electrons. The molecule has 0 saturated carbocycles. The number of hydrogen-bond acceptors (Lipinski definition) is 3. The zero-order chi connectivity index (χ0) is 18.1. The maximum absolute atomic E-state index is 13.3. The monoisotopic (exact) mass is 407 g/mol. The minimum absolute atomic E-state index is 0.0414. The van der Waals surface area contributed by atoms with E-state index >= 15 is 0 Å².